The maximum Gasteiger partial charge on any atom is 0.335 e. The molecule has 3 nitrogen and oxygen atoms in total. The lowest BCUT2D eigenvalue weighted by Crippen LogP contribution is -1.99. The highest BCUT2D eigenvalue weighted by Crippen LogP contribution is 2.51. The molecule has 0 bridgehead atoms. The predicted octanol–water partition coefficient (Wildman–Crippen LogP) is 4.35. The van der Waals surface area contributed by atoms with Gasteiger partial charge in [0.25, 0.3) is 0 Å². The van der Waals surface area contributed by atoms with Gasteiger partial charge in [0.1, 0.15) is 0 Å². The van der Waals surface area contributed by atoms with E-state index < -0.39 is 7.60 Å². The molecule has 0 aliphatic rings. The van der Waals surface area contributed by atoms with Crippen molar-refractivity contribution in [3.63, 3.8) is 0 Å². The highest BCUT2D eigenvalue weighted by molar-refractivity contribution is 9.08. The van der Waals surface area contributed by atoms with E-state index in [1.165, 1.54) is 5.56 Å². The first-order valence-electron chi connectivity index (χ1n) is 5.65. The number of halogens is 1. The summed E-state index contributed by atoms with van der Waals surface area (Å²) in [7, 11) is -2.98. The minimum atomic E-state index is -2.98. The summed E-state index contributed by atoms with van der Waals surface area (Å²) >= 11 is 3.39. The predicted molar refractivity (Wildman–Crippen MR) is 73.6 cm³/mol. The molecule has 1 aromatic carbocycles. The Bertz CT molecular complexity index is 368. The second-order valence-corrected chi connectivity index (χ2v) is 6.17. The number of alkyl halides is 1. The summed E-state index contributed by atoms with van der Waals surface area (Å²) in [5.74, 6) is 0. The molecule has 96 valence electrons. The van der Waals surface area contributed by atoms with Crippen LogP contribution in [0, 0.1) is 0 Å². The Morgan fingerprint density at radius 2 is 1.53 bits per heavy atom. The van der Waals surface area contributed by atoms with Gasteiger partial charge in [0.2, 0.25) is 0 Å². The summed E-state index contributed by atoms with van der Waals surface area (Å²) in [5.41, 5.74) is 2.16. The van der Waals surface area contributed by atoms with E-state index in [4.69, 9.17) is 9.05 Å². The Balaban J connectivity index is 2.75. The van der Waals surface area contributed by atoms with Crippen molar-refractivity contribution in [3.8, 4) is 0 Å². The summed E-state index contributed by atoms with van der Waals surface area (Å²) in [5, 5.41) is 0.821. The zero-order valence-corrected chi connectivity index (χ0v) is 12.7. The highest BCUT2D eigenvalue weighted by Gasteiger charge is 2.23. The molecule has 1 rings (SSSR count). The van der Waals surface area contributed by atoms with Gasteiger partial charge < -0.3 is 9.05 Å². The van der Waals surface area contributed by atoms with E-state index in [9.17, 15) is 4.57 Å². The van der Waals surface area contributed by atoms with Gasteiger partial charge in [0, 0.05) is 5.33 Å². The summed E-state index contributed by atoms with van der Waals surface area (Å²) in [4.78, 5) is 0. The van der Waals surface area contributed by atoms with Gasteiger partial charge in [-0.2, -0.15) is 0 Å². The molecule has 0 radical (unpaired) electrons. The quantitative estimate of drug-likeness (QED) is 0.553. The van der Waals surface area contributed by atoms with Crippen LogP contribution in [0.4, 0.5) is 0 Å². The third-order valence-electron chi connectivity index (χ3n) is 2.21. The molecular formula is C12H18BrO3P. The van der Waals surface area contributed by atoms with Crippen LogP contribution in [0.5, 0.6) is 0 Å². The van der Waals surface area contributed by atoms with Crippen molar-refractivity contribution in [2.45, 2.75) is 25.3 Å². The molecule has 0 aromatic heterocycles. The topological polar surface area (TPSA) is 35.5 Å². The van der Waals surface area contributed by atoms with E-state index in [0.29, 0.717) is 19.4 Å². The highest BCUT2D eigenvalue weighted by atomic mass is 79.9. The minimum absolute atomic E-state index is 0.331. The molecule has 0 atom stereocenters. The molecule has 0 fully saturated rings. The molecule has 0 saturated heterocycles. The fourth-order valence-corrected chi connectivity index (χ4v) is 3.56. The summed E-state index contributed by atoms with van der Waals surface area (Å²) in [6, 6.07) is 7.93. The van der Waals surface area contributed by atoms with E-state index in [1.54, 1.807) is 0 Å². The minimum Gasteiger partial charge on any atom is -0.309 e. The second kappa shape index (κ2) is 7.32. The summed E-state index contributed by atoms with van der Waals surface area (Å²) < 4.78 is 22.8. The molecule has 0 aliphatic heterocycles. The van der Waals surface area contributed by atoms with Crippen LogP contribution in [0.3, 0.4) is 0 Å². The average molecular weight is 321 g/mol. The van der Waals surface area contributed by atoms with Crippen LogP contribution in [0.1, 0.15) is 25.0 Å². The molecule has 0 heterocycles. The molecule has 0 spiro atoms. The van der Waals surface area contributed by atoms with Gasteiger partial charge in [-0.05, 0) is 25.0 Å². The molecular weight excluding hydrogens is 303 g/mol. The normalized spacial score (nSPS) is 11.7. The monoisotopic (exact) mass is 320 g/mol. The Labute approximate surface area is 111 Å². The van der Waals surface area contributed by atoms with E-state index in [2.05, 4.69) is 15.9 Å². The van der Waals surface area contributed by atoms with Gasteiger partial charge in [-0.3, -0.25) is 4.57 Å². The summed E-state index contributed by atoms with van der Waals surface area (Å²) in [6.45, 7) is 4.44. The Kier molecular flexibility index (Phi) is 6.42. The number of hydrogen-bond acceptors (Lipinski definition) is 3. The van der Waals surface area contributed by atoms with Crippen molar-refractivity contribution in [3.05, 3.63) is 35.4 Å². The van der Waals surface area contributed by atoms with Crippen molar-refractivity contribution in [2.24, 2.45) is 0 Å². The first-order chi connectivity index (χ1) is 8.13. The van der Waals surface area contributed by atoms with Crippen molar-refractivity contribution < 1.29 is 13.6 Å². The van der Waals surface area contributed by atoms with Gasteiger partial charge in [-0.25, -0.2) is 0 Å². The Hall–Kier alpha value is -0.150. The molecule has 17 heavy (non-hydrogen) atoms. The van der Waals surface area contributed by atoms with Crippen LogP contribution >= 0.6 is 23.5 Å². The standard InChI is InChI=1S/C12H18BrO3P/c1-3-15-17(14,16-4-2)10-12-7-5-11(9-13)6-8-12/h5-8H,3-4,9-10H2,1-2H3. The maximum absolute atomic E-state index is 12.3. The van der Waals surface area contributed by atoms with Crippen LogP contribution < -0.4 is 0 Å². The number of hydrogen-bond donors (Lipinski definition) is 0. The fraction of sp³-hybridized carbons (Fsp3) is 0.500. The molecule has 0 aliphatic carbocycles. The fourth-order valence-electron chi connectivity index (χ4n) is 1.48. The van der Waals surface area contributed by atoms with Gasteiger partial charge in [0.05, 0.1) is 19.4 Å². The number of rotatable bonds is 7. The van der Waals surface area contributed by atoms with Crippen LogP contribution in [0.2, 0.25) is 0 Å². The third-order valence-corrected chi connectivity index (χ3v) is 4.91. The SMILES string of the molecule is CCOP(=O)(Cc1ccc(CBr)cc1)OCC. The lowest BCUT2D eigenvalue weighted by atomic mass is 10.2. The first-order valence-corrected chi connectivity index (χ1v) is 8.50. The largest absolute Gasteiger partial charge is 0.335 e. The van der Waals surface area contributed by atoms with E-state index in [1.807, 2.05) is 38.1 Å². The van der Waals surface area contributed by atoms with Crippen molar-refractivity contribution in [1.82, 2.24) is 0 Å². The van der Waals surface area contributed by atoms with Crippen LogP contribution in [-0.2, 0) is 25.1 Å². The third kappa shape index (κ3) is 4.92. The van der Waals surface area contributed by atoms with Gasteiger partial charge in [-0.15, -0.1) is 0 Å². The maximum atomic E-state index is 12.3. The molecule has 0 saturated carbocycles. The van der Waals surface area contributed by atoms with E-state index >= 15 is 0 Å². The molecule has 1 aromatic rings. The van der Waals surface area contributed by atoms with E-state index in [-0.39, 0.29) is 0 Å². The lowest BCUT2D eigenvalue weighted by Gasteiger charge is -2.17. The molecule has 0 unspecified atom stereocenters. The average Bonchev–Trinajstić information content (AvgIpc) is 2.30. The Morgan fingerprint density at radius 3 is 1.94 bits per heavy atom. The first kappa shape index (κ1) is 14.9. The van der Waals surface area contributed by atoms with Gasteiger partial charge in [0.15, 0.2) is 0 Å². The summed E-state index contributed by atoms with van der Waals surface area (Å²) in [6.07, 6.45) is 0.331. The lowest BCUT2D eigenvalue weighted by molar-refractivity contribution is 0.219. The van der Waals surface area contributed by atoms with Crippen molar-refractivity contribution in [2.75, 3.05) is 13.2 Å². The van der Waals surface area contributed by atoms with Crippen molar-refractivity contribution in [1.29, 1.82) is 0 Å². The smallest absolute Gasteiger partial charge is 0.309 e. The molecule has 5 heteroatoms. The zero-order chi connectivity index (χ0) is 12.7. The van der Waals surface area contributed by atoms with Gasteiger partial charge >= 0.3 is 7.60 Å². The molecule has 0 amide bonds. The number of benzene rings is 1. The van der Waals surface area contributed by atoms with Crippen LogP contribution in [0.25, 0.3) is 0 Å². The van der Waals surface area contributed by atoms with E-state index in [0.717, 1.165) is 10.9 Å². The molecule has 0 N–H and O–H groups in total. The van der Waals surface area contributed by atoms with Gasteiger partial charge in [-0.1, -0.05) is 40.2 Å². The van der Waals surface area contributed by atoms with Crippen molar-refractivity contribution >= 4 is 23.5 Å². The second-order valence-electron chi connectivity index (χ2n) is 3.55. The Morgan fingerprint density at radius 1 is 1.06 bits per heavy atom. The van der Waals surface area contributed by atoms with Crippen LogP contribution in [-0.4, -0.2) is 13.2 Å². The zero-order valence-electron chi connectivity index (χ0n) is 10.2. The van der Waals surface area contributed by atoms with Crippen LogP contribution in [0.15, 0.2) is 24.3 Å².